The first-order chi connectivity index (χ1) is 9.47. The minimum absolute atomic E-state index is 0.180. The van der Waals surface area contributed by atoms with Crippen molar-refractivity contribution < 1.29 is 19.1 Å². The van der Waals surface area contributed by atoms with E-state index >= 15 is 0 Å². The molecule has 0 aromatic heterocycles. The van der Waals surface area contributed by atoms with Crippen molar-refractivity contribution in [3.8, 4) is 0 Å². The number of esters is 1. The predicted octanol–water partition coefficient (Wildman–Crippen LogP) is 2.08. The molecular formula is C16H18O4. The van der Waals surface area contributed by atoms with Crippen LogP contribution in [-0.4, -0.2) is 23.6 Å². The second-order valence-corrected chi connectivity index (χ2v) is 5.22. The van der Waals surface area contributed by atoms with E-state index in [4.69, 9.17) is 4.74 Å². The number of aryl methyl sites for hydroxylation is 3. The van der Waals surface area contributed by atoms with Gasteiger partial charge < -0.3 is 4.74 Å². The van der Waals surface area contributed by atoms with Crippen molar-refractivity contribution in [2.75, 3.05) is 0 Å². The quantitative estimate of drug-likeness (QED) is 0.623. The summed E-state index contributed by atoms with van der Waals surface area (Å²) < 4.78 is 4.97. The number of rotatable bonds is 4. The third-order valence-corrected chi connectivity index (χ3v) is 3.64. The molecule has 0 amide bonds. The van der Waals surface area contributed by atoms with Gasteiger partial charge in [-0.25, -0.2) is 0 Å². The Labute approximate surface area is 118 Å². The predicted molar refractivity (Wildman–Crippen MR) is 73.4 cm³/mol. The van der Waals surface area contributed by atoms with Crippen LogP contribution in [0.2, 0.25) is 0 Å². The maximum atomic E-state index is 11.7. The molecule has 2 rings (SSSR count). The first kappa shape index (κ1) is 14.4. The summed E-state index contributed by atoms with van der Waals surface area (Å²) in [7, 11) is 0. The first-order valence-electron chi connectivity index (χ1n) is 6.78. The molecule has 4 nitrogen and oxygen atoms in total. The van der Waals surface area contributed by atoms with Gasteiger partial charge >= 0.3 is 5.97 Å². The van der Waals surface area contributed by atoms with Crippen LogP contribution in [0.5, 0.6) is 0 Å². The van der Waals surface area contributed by atoms with Crippen LogP contribution in [0.15, 0.2) is 18.2 Å². The lowest BCUT2D eigenvalue weighted by atomic mass is 10.0. The van der Waals surface area contributed by atoms with Crippen LogP contribution in [0.3, 0.4) is 0 Å². The van der Waals surface area contributed by atoms with Gasteiger partial charge in [0.05, 0.1) is 0 Å². The molecule has 0 unspecified atom stereocenters. The lowest BCUT2D eigenvalue weighted by molar-refractivity contribution is -0.157. The molecule has 1 fully saturated rings. The van der Waals surface area contributed by atoms with E-state index in [2.05, 4.69) is 0 Å². The number of carbonyl (C=O) groups excluding carboxylic acids is 3. The largest absolute Gasteiger partial charge is 0.446 e. The summed E-state index contributed by atoms with van der Waals surface area (Å²) >= 11 is 0. The monoisotopic (exact) mass is 274 g/mol. The molecule has 20 heavy (non-hydrogen) atoms. The Morgan fingerprint density at radius 1 is 1.15 bits per heavy atom. The number of hydrogen-bond acceptors (Lipinski definition) is 4. The molecule has 0 bridgehead atoms. The average molecular weight is 274 g/mol. The van der Waals surface area contributed by atoms with Crippen molar-refractivity contribution in [1.82, 2.24) is 0 Å². The third kappa shape index (κ3) is 3.32. The number of benzene rings is 1. The average Bonchev–Trinajstić information content (AvgIpc) is 2.72. The summed E-state index contributed by atoms with van der Waals surface area (Å²) in [6, 6.07) is 6.02. The van der Waals surface area contributed by atoms with E-state index in [0.29, 0.717) is 6.42 Å². The first-order valence-corrected chi connectivity index (χ1v) is 6.78. The van der Waals surface area contributed by atoms with Crippen LogP contribution in [0, 0.1) is 13.8 Å². The van der Waals surface area contributed by atoms with Crippen molar-refractivity contribution in [3.05, 3.63) is 34.9 Å². The van der Waals surface area contributed by atoms with Crippen LogP contribution in [0.1, 0.15) is 36.0 Å². The molecule has 1 aromatic rings. The summed E-state index contributed by atoms with van der Waals surface area (Å²) in [5, 5.41) is 0. The fraction of sp³-hybridized carbons (Fsp3) is 0.438. The second kappa shape index (κ2) is 5.99. The molecule has 106 valence electrons. The molecular weight excluding hydrogens is 256 g/mol. The Morgan fingerprint density at radius 2 is 1.80 bits per heavy atom. The van der Waals surface area contributed by atoms with Gasteiger partial charge in [-0.1, -0.05) is 18.2 Å². The zero-order valence-electron chi connectivity index (χ0n) is 11.8. The highest BCUT2D eigenvalue weighted by Crippen LogP contribution is 2.16. The number of hydrogen-bond donors (Lipinski definition) is 0. The van der Waals surface area contributed by atoms with Crippen LogP contribution in [-0.2, 0) is 25.5 Å². The van der Waals surface area contributed by atoms with Crippen molar-refractivity contribution in [2.45, 2.75) is 45.6 Å². The Morgan fingerprint density at radius 3 is 2.40 bits per heavy atom. The van der Waals surface area contributed by atoms with Gasteiger partial charge in [-0.3, -0.25) is 14.4 Å². The van der Waals surface area contributed by atoms with Crippen molar-refractivity contribution in [1.29, 1.82) is 0 Å². The zero-order chi connectivity index (χ0) is 14.7. The normalized spacial score (nSPS) is 15.7. The number of Topliss-reactive ketones (excluding diaryl/α,β-unsaturated/α-hetero) is 2. The molecule has 0 radical (unpaired) electrons. The van der Waals surface area contributed by atoms with Gasteiger partial charge in [-0.2, -0.15) is 0 Å². The van der Waals surface area contributed by atoms with Crippen LogP contribution >= 0.6 is 0 Å². The molecule has 0 N–H and O–H groups in total. The molecule has 0 saturated heterocycles. The van der Waals surface area contributed by atoms with E-state index in [1.807, 2.05) is 32.0 Å². The van der Waals surface area contributed by atoms with E-state index in [9.17, 15) is 14.4 Å². The molecule has 4 heteroatoms. The van der Waals surface area contributed by atoms with Crippen molar-refractivity contribution >= 4 is 17.5 Å². The third-order valence-electron chi connectivity index (χ3n) is 3.64. The summed E-state index contributed by atoms with van der Waals surface area (Å²) in [4.78, 5) is 34.4. The van der Waals surface area contributed by atoms with Crippen LogP contribution < -0.4 is 0 Å². The number of ketones is 2. The van der Waals surface area contributed by atoms with Gasteiger partial charge in [0.15, 0.2) is 11.6 Å². The molecule has 1 aliphatic rings. The minimum Gasteiger partial charge on any atom is -0.446 e. The standard InChI is InChI=1S/C16H18O4/c1-10-3-4-12(9-11(10)2)5-8-15(19)20-16-13(17)6-7-14(16)18/h3-4,9,16H,5-8H2,1-2H3. The van der Waals surface area contributed by atoms with Crippen molar-refractivity contribution in [2.24, 2.45) is 0 Å². The highest BCUT2D eigenvalue weighted by Gasteiger charge is 2.35. The molecule has 0 aliphatic heterocycles. The van der Waals surface area contributed by atoms with Crippen LogP contribution in [0.25, 0.3) is 0 Å². The van der Waals surface area contributed by atoms with Gasteiger partial charge in [-0.05, 0) is 37.0 Å². The fourth-order valence-corrected chi connectivity index (χ4v) is 2.22. The van der Waals surface area contributed by atoms with Gasteiger partial charge in [0, 0.05) is 19.3 Å². The topological polar surface area (TPSA) is 60.4 Å². The van der Waals surface area contributed by atoms with Gasteiger partial charge in [0.2, 0.25) is 6.10 Å². The van der Waals surface area contributed by atoms with E-state index < -0.39 is 12.1 Å². The maximum Gasteiger partial charge on any atom is 0.307 e. The van der Waals surface area contributed by atoms with Crippen LogP contribution in [0.4, 0.5) is 0 Å². The maximum absolute atomic E-state index is 11.7. The van der Waals surface area contributed by atoms with Gasteiger partial charge in [-0.15, -0.1) is 0 Å². The highest BCUT2D eigenvalue weighted by atomic mass is 16.5. The van der Waals surface area contributed by atoms with Gasteiger partial charge in [0.1, 0.15) is 0 Å². The molecule has 1 aliphatic carbocycles. The summed E-state index contributed by atoms with van der Waals surface area (Å²) in [6.07, 6.45) is -0.0431. The molecule has 1 saturated carbocycles. The number of carbonyl (C=O) groups is 3. The SMILES string of the molecule is Cc1ccc(CCC(=O)OC2C(=O)CCC2=O)cc1C. The highest BCUT2D eigenvalue weighted by molar-refractivity contribution is 6.12. The molecule has 0 spiro atoms. The summed E-state index contributed by atoms with van der Waals surface area (Å²) in [5.74, 6) is -1.05. The smallest absolute Gasteiger partial charge is 0.307 e. The Balaban J connectivity index is 1.87. The summed E-state index contributed by atoms with van der Waals surface area (Å²) in [6.45, 7) is 4.05. The fourth-order valence-electron chi connectivity index (χ4n) is 2.22. The van der Waals surface area contributed by atoms with Gasteiger partial charge in [0.25, 0.3) is 0 Å². The van der Waals surface area contributed by atoms with E-state index in [-0.39, 0.29) is 30.8 Å². The lowest BCUT2D eigenvalue weighted by Crippen LogP contribution is -2.28. The number of ether oxygens (including phenoxy) is 1. The Kier molecular flexibility index (Phi) is 4.32. The Hall–Kier alpha value is -1.97. The molecule has 0 atom stereocenters. The van der Waals surface area contributed by atoms with E-state index in [1.165, 1.54) is 11.1 Å². The Bertz CT molecular complexity index is 544. The minimum atomic E-state index is -1.15. The van der Waals surface area contributed by atoms with E-state index in [1.54, 1.807) is 0 Å². The van der Waals surface area contributed by atoms with E-state index in [0.717, 1.165) is 5.56 Å². The lowest BCUT2D eigenvalue weighted by Gasteiger charge is -2.09. The molecule has 0 heterocycles. The molecule has 1 aromatic carbocycles. The van der Waals surface area contributed by atoms with Crippen molar-refractivity contribution in [3.63, 3.8) is 0 Å². The zero-order valence-corrected chi connectivity index (χ0v) is 11.8. The summed E-state index contributed by atoms with van der Waals surface area (Å²) in [5.41, 5.74) is 3.43. The second-order valence-electron chi connectivity index (χ2n) is 5.22.